The van der Waals surface area contributed by atoms with Gasteiger partial charge in [-0.1, -0.05) is 6.07 Å². The summed E-state index contributed by atoms with van der Waals surface area (Å²) in [5.41, 5.74) is 0.374. The molecule has 0 atom stereocenters. The Bertz CT molecular complexity index is 1290. The van der Waals surface area contributed by atoms with Gasteiger partial charge in [0.15, 0.2) is 0 Å². The lowest BCUT2D eigenvalue weighted by atomic mass is 10.2. The van der Waals surface area contributed by atoms with Crippen LogP contribution in [0, 0.1) is 6.92 Å². The predicted octanol–water partition coefficient (Wildman–Crippen LogP) is 0.898. The number of carbonyl (C=O) groups is 2. The Kier molecular flexibility index (Phi) is 6.52. The molecule has 5 rings (SSSR count). The van der Waals surface area contributed by atoms with Crippen molar-refractivity contribution < 1.29 is 9.59 Å². The summed E-state index contributed by atoms with van der Waals surface area (Å²) < 4.78 is 1.36. The van der Waals surface area contributed by atoms with Crippen LogP contribution in [0.3, 0.4) is 0 Å². The third-order valence-electron chi connectivity index (χ3n) is 6.81. The van der Waals surface area contributed by atoms with E-state index in [2.05, 4.69) is 19.8 Å². The van der Waals surface area contributed by atoms with E-state index < -0.39 is 0 Å². The molecule has 2 saturated heterocycles. The average molecular weight is 496 g/mol. The summed E-state index contributed by atoms with van der Waals surface area (Å²) in [5.74, 6) is 0.738. The Labute approximate surface area is 207 Å². The van der Waals surface area contributed by atoms with Crippen molar-refractivity contribution in [1.82, 2.24) is 29.2 Å². The highest BCUT2D eigenvalue weighted by Crippen LogP contribution is 2.28. The smallest absolute Gasteiger partial charge is 0.264 e. The number of nitrogens with zero attached hydrogens (tertiary/aromatic N) is 7. The minimum absolute atomic E-state index is 0.0496. The maximum absolute atomic E-state index is 13.3. The number of amides is 2. The molecule has 2 fully saturated rings. The SMILES string of the molecule is Cc1c(C(=O)N2CCN(C)CC2)sc2ncn(CC(=O)N3CCN(c4ccccn4)CC3)c(=O)c12. The van der Waals surface area contributed by atoms with Gasteiger partial charge < -0.3 is 19.6 Å². The largest absolute Gasteiger partial charge is 0.353 e. The van der Waals surface area contributed by atoms with Crippen LogP contribution >= 0.6 is 11.3 Å². The van der Waals surface area contributed by atoms with Gasteiger partial charge in [0.25, 0.3) is 11.5 Å². The standard InChI is InChI=1S/C24H29N7O3S/c1-17-20-22(35-21(17)24(34)30-9-7-27(2)8-10-30)26-16-31(23(20)33)15-19(32)29-13-11-28(12-14-29)18-5-3-4-6-25-18/h3-6,16H,7-15H2,1-2H3. The number of fused-ring (bicyclic) bond motifs is 1. The summed E-state index contributed by atoms with van der Waals surface area (Å²) in [6.45, 7) is 7.26. The summed E-state index contributed by atoms with van der Waals surface area (Å²) in [7, 11) is 2.04. The lowest BCUT2D eigenvalue weighted by molar-refractivity contribution is -0.132. The fraction of sp³-hybridized carbons (Fsp3) is 0.458. The molecule has 0 aliphatic carbocycles. The van der Waals surface area contributed by atoms with E-state index >= 15 is 0 Å². The van der Waals surface area contributed by atoms with E-state index in [0.29, 0.717) is 59.9 Å². The summed E-state index contributed by atoms with van der Waals surface area (Å²) >= 11 is 1.26. The fourth-order valence-corrected chi connectivity index (χ4v) is 5.71. The van der Waals surface area contributed by atoms with Gasteiger partial charge in [-0.3, -0.25) is 19.0 Å². The molecule has 2 amide bonds. The van der Waals surface area contributed by atoms with Crippen molar-refractivity contribution in [3.8, 4) is 0 Å². The number of pyridine rings is 1. The number of piperazine rings is 2. The summed E-state index contributed by atoms with van der Waals surface area (Å²) in [4.78, 5) is 57.2. The Hall–Kier alpha value is -3.31. The zero-order chi connectivity index (χ0) is 24.5. The van der Waals surface area contributed by atoms with Crippen molar-refractivity contribution in [2.75, 3.05) is 64.3 Å². The van der Waals surface area contributed by atoms with Crippen LogP contribution in [0.4, 0.5) is 5.82 Å². The maximum Gasteiger partial charge on any atom is 0.264 e. The van der Waals surface area contributed by atoms with Gasteiger partial charge >= 0.3 is 0 Å². The van der Waals surface area contributed by atoms with Gasteiger partial charge in [0.1, 0.15) is 17.2 Å². The van der Waals surface area contributed by atoms with E-state index in [4.69, 9.17) is 0 Å². The molecule has 35 heavy (non-hydrogen) atoms. The van der Waals surface area contributed by atoms with Crippen LogP contribution in [0.2, 0.25) is 0 Å². The summed E-state index contributed by atoms with van der Waals surface area (Å²) in [5, 5.41) is 0.433. The van der Waals surface area contributed by atoms with E-state index in [1.54, 1.807) is 18.0 Å². The second-order valence-corrected chi connectivity index (χ2v) is 10.1. The van der Waals surface area contributed by atoms with Gasteiger partial charge in [0.05, 0.1) is 16.6 Å². The fourth-order valence-electron chi connectivity index (χ4n) is 4.60. The normalized spacial score (nSPS) is 17.3. The van der Waals surface area contributed by atoms with E-state index in [0.717, 1.165) is 18.9 Å². The van der Waals surface area contributed by atoms with Crippen LogP contribution in [0.15, 0.2) is 35.5 Å². The Morgan fingerprint density at radius 3 is 2.37 bits per heavy atom. The van der Waals surface area contributed by atoms with Crippen LogP contribution in [0.1, 0.15) is 15.2 Å². The number of aromatic nitrogens is 3. The first-order valence-electron chi connectivity index (χ1n) is 11.8. The molecule has 10 nitrogen and oxygen atoms in total. The molecular weight excluding hydrogens is 466 g/mol. The number of carbonyl (C=O) groups excluding carboxylic acids is 2. The molecule has 0 aromatic carbocycles. The molecule has 11 heteroatoms. The number of likely N-dealkylation sites (N-methyl/N-ethyl adjacent to an activating group) is 1. The van der Waals surface area contributed by atoms with Crippen molar-refractivity contribution in [1.29, 1.82) is 0 Å². The van der Waals surface area contributed by atoms with Gasteiger partial charge in [0.2, 0.25) is 5.91 Å². The minimum Gasteiger partial charge on any atom is -0.353 e. The lowest BCUT2D eigenvalue weighted by Crippen LogP contribution is -2.50. The van der Waals surface area contributed by atoms with Crippen LogP contribution in [0.25, 0.3) is 10.2 Å². The Morgan fingerprint density at radius 2 is 1.69 bits per heavy atom. The first kappa shape index (κ1) is 23.4. The Morgan fingerprint density at radius 1 is 0.971 bits per heavy atom. The molecule has 3 aromatic rings. The zero-order valence-corrected chi connectivity index (χ0v) is 20.8. The molecule has 2 aliphatic heterocycles. The number of hydrogen-bond acceptors (Lipinski definition) is 8. The number of thiophene rings is 1. The lowest BCUT2D eigenvalue weighted by Gasteiger charge is -2.35. The molecule has 0 N–H and O–H groups in total. The molecular formula is C24H29N7O3S. The zero-order valence-electron chi connectivity index (χ0n) is 20.0. The predicted molar refractivity (Wildman–Crippen MR) is 135 cm³/mol. The van der Waals surface area contributed by atoms with Crippen LogP contribution in [-0.4, -0.2) is 100 Å². The molecule has 0 bridgehead atoms. The first-order valence-corrected chi connectivity index (χ1v) is 12.6. The summed E-state index contributed by atoms with van der Waals surface area (Å²) in [6.07, 6.45) is 3.19. The maximum atomic E-state index is 13.3. The van der Waals surface area contributed by atoms with E-state index in [-0.39, 0.29) is 23.9 Å². The van der Waals surface area contributed by atoms with Crippen LogP contribution in [0.5, 0.6) is 0 Å². The molecule has 5 heterocycles. The third kappa shape index (κ3) is 4.65. The monoisotopic (exact) mass is 495 g/mol. The number of rotatable bonds is 4. The Balaban J connectivity index is 1.29. The minimum atomic E-state index is -0.276. The quantitative estimate of drug-likeness (QED) is 0.531. The molecule has 0 spiro atoms. The van der Waals surface area contributed by atoms with E-state index in [1.807, 2.05) is 30.1 Å². The van der Waals surface area contributed by atoms with Crippen molar-refractivity contribution in [2.24, 2.45) is 0 Å². The van der Waals surface area contributed by atoms with Crippen molar-refractivity contribution in [3.05, 3.63) is 51.5 Å². The highest BCUT2D eigenvalue weighted by atomic mass is 32.1. The molecule has 0 unspecified atom stereocenters. The van der Waals surface area contributed by atoms with Crippen molar-refractivity contribution in [2.45, 2.75) is 13.5 Å². The highest BCUT2D eigenvalue weighted by molar-refractivity contribution is 7.20. The molecule has 184 valence electrons. The second kappa shape index (κ2) is 9.74. The van der Waals surface area contributed by atoms with Gasteiger partial charge in [-0.25, -0.2) is 9.97 Å². The van der Waals surface area contributed by atoms with Crippen LogP contribution < -0.4 is 10.5 Å². The summed E-state index contributed by atoms with van der Waals surface area (Å²) in [6, 6.07) is 5.79. The van der Waals surface area contributed by atoms with Gasteiger partial charge in [-0.2, -0.15) is 0 Å². The highest BCUT2D eigenvalue weighted by Gasteiger charge is 2.27. The van der Waals surface area contributed by atoms with Crippen LogP contribution in [-0.2, 0) is 11.3 Å². The molecule has 3 aromatic heterocycles. The van der Waals surface area contributed by atoms with Gasteiger partial charge in [-0.05, 0) is 31.7 Å². The average Bonchev–Trinajstić information content (AvgIpc) is 3.23. The van der Waals surface area contributed by atoms with E-state index in [1.165, 1.54) is 22.2 Å². The molecule has 0 radical (unpaired) electrons. The number of anilines is 1. The molecule has 0 saturated carbocycles. The van der Waals surface area contributed by atoms with Gasteiger partial charge in [0, 0.05) is 58.6 Å². The molecule has 2 aliphatic rings. The van der Waals surface area contributed by atoms with Crippen molar-refractivity contribution in [3.63, 3.8) is 0 Å². The topological polar surface area (TPSA) is 94.9 Å². The van der Waals surface area contributed by atoms with Crippen molar-refractivity contribution >= 4 is 39.2 Å². The first-order chi connectivity index (χ1) is 16.9. The second-order valence-electron chi connectivity index (χ2n) is 9.07. The third-order valence-corrected chi connectivity index (χ3v) is 8.00. The number of aryl methyl sites for hydroxylation is 1. The van der Waals surface area contributed by atoms with Gasteiger partial charge in [-0.15, -0.1) is 11.3 Å². The number of hydrogen-bond donors (Lipinski definition) is 0. The van der Waals surface area contributed by atoms with E-state index in [9.17, 15) is 14.4 Å².